The van der Waals surface area contributed by atoms with Gasteiger partial charge in [0.05, 0.1) is 18.7 Å². The molecule has 2 heterocycles. The molecule has 8 heteroatoms. The summed E-state index contributed by atoms with van der Waals surface area (Å²) in [5.41, 5.74) is 0.769. The molecule has 0 saturated carbocycles. The van der Waals surface area contributed by atoms with Crippen molar-refractivity contribution >= 4 is 29.4 Å². The second-order valence-electron chi connectivity index (χ2n) is 6.47. The molecule has 2 aromatic rings. The Morgan fingerprint density at radius 1 is 1.26 bits per heavy atom. The summed E-state index contributed by atoms with van der Waals surface area (Å²) in [5.74, 6) is -1.53. The van der Waals surface area contributed by atoms with Crippen LogP contribution in [0.2, 0.25) is 5.02 Å². The van der Waals surface area contributed by atoms with Crippen molar-refractivity contribution in [1.29, 1.82) is 0 Å². The van der Waals surface area contributed by atoms with Crippen molar-refractivity contribution in [2.75, 3.05) is 13.1 Å². The highest BCUT2D eigenvalue weighted by molar-refractivity contribution is 6.30. The molecule has 1 aliphatic rings. The van der Waals surface area contributed by atoms with Crippen molar-refractivity contribution in [1.82, 2.24) is 9.80 Å². The lowest BCUT2D eigenvalue weighted by Crippen LogP contribution is -2.40. The van der Waals surface area contributed by atoms with Gasteiger partial charge in [-0.1, -0.05) is 23.7 Å². The Balaban J connectivity index is 1.68. The van der Waals surface area contributed by atoms with Crippen LogP contribution in [0.1, 0.15) is 17.7 Å². The summed E-state index contributed by atoms with van der Waals surface area (Å²) in [4.78, 5) is 39.1. The molecule has 0 bridgehead atoms. The molecule has 2 amide bonds. The minimum Gasteiger partial charge on any atom is -0.480 e. The molecule has 1 N–H and O–H groups in total. The number of furan rings is 1. The molecule has 1 aromatic carbocycles. The lowest BCUT2D eigenvalue weighted by atomic mass is 10.1. The Kier molecular flexibility index (Phi) is 5.81. The molecule has 1 saturated heterocycles. The molecule has 1 aliphatic heterocycles. The average Bonchev–Trinajstić information content (AvgIpc) is 3.26. The third-order valence-electron chi connectivity index (χ3n) is 4.42. The van der Waals surface area contributed by atoms with Crippen LogP contribution in [-0.2, 0) is 27.5 Å². The van der Waals surface area contributed by atoms with E-state index in [9.17, 15) is 14.4 Å². The summed E-state index contributed by atoms with van der Waals surface area (Å²) in [5, 5.41) is 9.73. The molecule has 1 aromatic heterocycles. The van der Waals surface area contributed by atoms with Crippen LogP contribution in [0.5, 0.6) is 0 Å². The van der Waals surface area contributed by atoms with Crippen molar-refractivity contribution in [2.45, 2.75) is 19.5 Å². The fourth-order valence-corrected chi connectivity index (χ4v) is 3.25. The van der Waals surface area contributed by atoms with E-state index in [1.165, 1.54) is 11.2 Å². The Labute approximate surface area is 161 Å². The molecule has 0 aliphatic carbocycles. The Morgan fingerprint density at radius 2 is 2.00 bits per heavy atom. The van der Waals surface area contributed by atoms with Crippen LogP contribution < -0.4 is 0 Å². The molecular formula is C19H19ClN2O5. The summed E-state index contributed by atoms with van der Waals surface area (Å²) >= 11 is 5.86. The minimum atomic E-state index is -1.10. The number of hydrogen-bond donors (Lipinski definition) is 1. The van der Waals surface area contributed by atoms with Crippen molar-refractivity contribution in [2.24, 2.45) is 5.92 Å². The number of likely N-dealkylation sites (tertiary alicyclic amines) is 1. The molecule has 1 fully saturated rings. The number of nitrogens with zero attached hydrogens (tertiary/aromatic N) is 2. The van der Waals surface area contributed by atoms with Crippen LogP contribution in [0, 0.1) is 5.92 Å². The molecule has 0 radical (unpaired) electrons. The lowest BCUT2D eigenvalue weighted by Gasteiger charge is -2.24. The zero-order valence-corrected chi connectivity index (χ0v) is 15.3. The van der Waals surface area contributed by atoms with Gasteiger partial charge in [0.1, 0.15) is 12.3 Å². The molecule has 142 valence electrons. The predicted molar refractivity (Wildman–Crippen MR) is 96.7 cm³/mol. The molecule has 27 heavy (non-hydrogen) atoms. The number of halogens is 1. The number of hydrogen-bond acceptors (Lipinski definition) is 4. The number of aliphatic carboxylic acids is 1. The van der Waals surface area contributed by atoms with Crippen LogP contribution in [0.4, 0.5) is 0 Å². The summed E-state index contributed by atoms with van der Waals surface area (Å²) in [6, 6.07) is 10.4. The minimum absolute atomic E-state index is 0.0658. The monoisotopic (exact) mass is 390 g/mol. The number of carbonyl (C=O) groups is 3. The maximum Gasteiger partial charge on any atom is 0.323 e. The van der Waals surface area contributed by atoms with Gasteiger partial charge in [-0.2, -0.15) is 0 Å². The van der Waals surface area contributed by atoms with Crippen LogP contribution in [0.15, 0.2) is 47.1 Å². The van der Waals surface area contributed by atoms with Gasteiger partial charge in [0.15, 0.2) is 0 Å². The number of benzene rings is 1. The van der Waals surface area contributed by atoms with E-state index in [4.69, 9.17) is 21.1 Å². The van der Waals surface area contributed by atoms with Crippen molar-refractivity contribution in [3.8, 4) is 0 Å². The van der Waals surface area contributed by atoms with Gasteiger partial charge in [0.25, 0.3) is 0 Å². The maximum atomic E-state index is 12.9. The zero-order valence-electron chi connectivity index (χ0n) is 14.5. The van der Waals surface area contributed by atoms with E-state index in [2.05, 4.69) is 0 Å². The quantitative estimate of drug-likeness (QED) is 0.783. The number of amides is 2. The molecule has 0 spiro atoms. The highest BCUT2D eigenvalue weighted by Gasteiger charge is 2.37. The predicted octanol–water partition coefficient (Wildman–Crippen LogP) is 2.39. The second-order valence-corrected chi connectivity index (χ2v) is 6.91. The van der Waals surface area contributed by atoms with E-state index in [-0.39, 0.29) is 31.3 Å². The van der Waals surface area contributed by atoms with Gasteiger partial charge in [-0.3, -0.25) is 14.4 Å². The Bertz CT molecular complexity index is 819. The van der Waals surface area contributed by atoms with Crippen molar-refractivity contribution < 1.29 is 23.9 Å². The molecular weight excluding hydrogens is 372 g/mol. The smallest absolute Gasteiger partial charge is 0.323 e. The lowest BCUT2D eigenvalue weighted by molar-refractivity contribution is -0.146. The first-order valence-electron chi connectivity index (χ1n) is 8.47. The number of carboxylic acids is 1. The van der Waals surface area contributed by atoms with Gasteiger partial charge in [0, 0.05) is 24.5 Å². The normalized spacial score (nSPS) is 16.6. The van der Waals surface area contributed by atoms with E-state index >= 15 is 0 Å². The zero-order chi connectivity index (χ0) is 19.4. The van der Waals surface area contributed by atoms with E-state index in [1.54, 1.807) is 41.3 Å². The molecule has 3 rings (SSSR count). The Morgan fingerprint density at radius 3 is 2.63 bits per heavy atom. The van der Waals surface area contributed by atoms with Crippen LogP contribution >= 0.6 is 11.6 Å². The summed E-state index contributed by atoms with van der Waals surface area (Å²) in [6.07, 6.45) is 1.59. The van der Waals surface area contributed by atoms with Crippen molar-refractivity contribution in [3.05, 3.63) is 59.0 Å². The van der Waals surface area contributed by atoms with Crippen LogP contribution in [-0.4, -0.2) is 45.8 Å². The number of carboxylic acid groups (broad SMARTS) is 1. The van der Waals surface area contributed by atoms with Gasteiger partial charge in [-0.05, 0) is 29.8 Å². The van der Waals surface area contributed by atoms with E-state index in [1.807, 2.05) is 0 Å². The van der Waals surface area contributed by atoms with Gasteiger partial charge in [-0.15, -0.1) is 0 Å². The topological polar surface area (TPSA) is 91.1 Å². The molecule has 1 unspecified atom stereocenters. The van der Waals surface area contributed by atoms with Gasteiger partial charge in [-0.25, -0.2) is 0 Å². The average molecular weight is 391 g/mol. The third-order valence-corrected chi connectivity index (χ3v) is 4.67. The van der Waals surface area contributed by atoms with E-state index in [0.717, 1.165) is 5.56 Å². The first-order chi connectivity index (χ1) is 12.9. The first-order valence-corrected chi connectivity index (χ1v) is 8.85. The summed E-state index contributed by atoms with van der Waals surface area (Å²) in [6.45, 7) is 0.260. The van der Waals surface area contributed by atoms with Gasteiger partial charge >= 0.3 is 5.97 Å². The maximum absolute atomic E-state index is 12.9. The SMILES string of the molecule is O=C(O)CN(Cc1ccc(Cl)cc1)C(=O)C1CC(=O)N(Cc2ccco2)C1. The first kappa shape index (κ1) is 19.0. The second kappa shape index (κ2) is 8.26. The van der Waals surface area contributed by atoms with Crippen LogP contribution in [0.3, 0.4) is 0 Å². The van der Waals surface area contributed by atoms with E-state index in [0.29, 0.717) is 17.3 Å². The highest BCUT2D eigenvalue weighted by Crippen LogP contribution is 2.23. The molecule has 1 atom stereocenters. The summed E-state index contributed by atoms with van der Waals surface area (Å²) < 4.78 is 5.25. The largest absolute Gasteiger partial charge is 0.480 e. The van der Waals surface area contributed by atoms with Gasteiger partial charge < -0.3 is 19.3 Å². The van der Waals surface area contributed by atoms with Crippen molar-refractivity contribution in [3.63, 3.8) is 0 Å². The van der Waals surface area contributed by atoms with Gasteiger partial charge in [0.2, 0.25) is 11.8 Å². The molecule has 7 nitrogen and oxygen atoms in total. The number of rotatable bonds is 7. The number of carbonyl (C=O) groups excluding carboxylic acids is 2. The summed E-state index contributed by atoms with van der Waals surface area (Å²) in [7, 11) is 0. The third kappa shape index (κ3) is 4.89. The fraction of sp³-hybridized carbons (Fsp3) is 0.316. The standard InChI is InChI=1S/C19H19ClN2O5/c20-15-5-3-13(4-6-15)9-22(12-18(24)25)19(26)14-8-17(23)21(10-14)11-16-2-1-7-27-16/h1-7,14H,8-12H2,(H,24,25). The fourth-order valence-electron chi connectivity index (χ4n) is 3.12. The Hall–Kier alpha value is -2.80. The van der Waals surface area contributed by atoms with Crippen LogP contribution in [0.25, 0.3) is 0 Å². The van der Waals surface area contributed by atoms with E-state index < -0.39 is 18.4 Å². The highest BCUT2D eigenvalue weighted by atomic mass is 35.5.